The summed E-state index contributed by atoms with van der Waals surface area (Å²) in [5, 5.41) is 4.32. The monoisotopic (exact) mass is 327 g/mol. The summed E-state index contributed by atoms with van der Waals surface area (Å²) < 4.78 is 4.72. The molecule has 0 aliphatic heterocycles. The molecule has 2 heterocycles. The highest BCUT2D eigenvalue weighted by atomic mass is 35.5. The number of halogens is 2. The fourth-order valence-electron chi connectivity index (χ4n) is 1.59. The Hall–Kier alpha value is -1.92. The van der Waals surface area contributed by atoms with Crippen LogP contribution in [0.2, 0.25) is 10.3 Å². The van der Waals surface area contributed by atoms with E-state index in [2.05, 4.69) is 15.3 Å². The van der Waals surface area contributed by atoms with E-state index in [9.17, 15) is 9.59 Å². The number of carbonyl (C=O) groups excluding carboxylic acids is 2. The Balaban J connectivity index is 2.32. The molecular weight excluding hydrogens is 317 g/mol. The Morgan fingerprint density at radius 2 is 2.10 bits per heavy atom. The van der Waals surface area contributed by atoms with E-state index in [0.717, 1.165) is 0 Å². The maximum absolute atomic E-state index is 12.0. The van der Waals surface area contributed by atoms with E-state index < -0.39 is 11.5 Å². The van der Waals surface area contributed by atoms with Crippen LogP contribution >= 0.6 is 23.2 Å². The molecule has 2 rings (SSSR count). The first kappa shape index (κ1) is 15.5. The summed E-state index contributed by atoms with van der Waals surface area (Å²) in [6.45, 7) is 3.16. The Labute approximate surface area is 130 Å². The second kappa shape index (κ2) is 5.83. The number of rotatable bonds is 4. The SMILES string of the molecule is CC(C)(OC=O)C(=O)Nc1cc2cc(Cl)nc(Cl)c2cn1. The lowest BCUT2D eigenvalue weighted by atomic mass is 10.1. The molecule has 8 heteroatoms. The van der Waals surface area contributed by atoms with E-state index in [1.165, 1.54) is 20.0 Å². The number of anilines is 1. The molecule has 0 saturated heterocycles. The minimum absolute atomic E-state index is 0.221. The molecule has 0 unspecified atom stereocenters. The van der Waals surface area contributed by atoms with Gasteiger partial charge in [-0.25, -0.2) is 9.97 Å². The van der Waals surface area contributed by atoms with Crippen LogP contribution in [-0.4, -0.2) is 27.9 Å². The van der Waals surface area contributed by atoms with Crippen LogP contribution < -0.4 is 5.32 Å². The van der Waals surface area contributed by atoms with Gasteiger partial charge in [0.1, 0.15) is 16.1 Å². The molecule has 6 nitrogen and oxygen atoms in total. The molecule has 0 bridgehead atoms. The summed E-state index contributed by atoms with van der Waals surface area (Å²) in [6.07, 6.45) is 1.48. The Morgan fingerprint density at radius 3 is 2.76 bits per heavy atom. The predicted octanol–water partition coefficient (Wildman–Crippen LogP) is 2.83. The van der Waals surface area contributed by atoms with Crippen molar-refractivity contribution in [3.8, 4) is 0 Å². The predicted molar refractivity (Wildman–Crippen MR) is 79.4 cm³/mol. The molecule has 0 fully saturated rings. The van der Waals surface area contributed by atoms with Crippen molar-refractivity contribution in [1.29, 1.82) is 0 Å². The van der Waals surface area contributed by atoms with Gasteiger partial charge < -0.3 is 10.1 Å². The highest BCUT2D eigenvalue weighted by Crippen LogP contribution is 2.26. The minimum atomic E-state index is -1.30. The number of fused-ring (bicyclic) bond motifs is 1. The molecule has 2 aromatic heterocycles. The third kappa shape index (κ3) is 3.40. The molecule has 0 aliphatic carbocycles. The van der Waals surface area contributed by atoms with E-state index >= 15 is 0 Å². The van der Waals surface area contributed by atoms with Crippen LogP contribution in [0.1, 0.15) is 13.8 Å². The lowest BCUT2D eigenvalue weighted by Gasteiger charge is -2.21. The van der Waals surface area contributed by atoms with E-state index in [1.807, 2.05) is 0 Å². The molecule has 110 valence electrons. The van der Waals surface area contributed by atoms with Gasteiger partial charge in [0.25, 0.3) is 12.4 Å². The lowest BCUT2D eigenvalue weighted by Crippen LogP contribution is -2.39. The largest absolute Gasteiger partial charge is 0.452 e. The van der Waals surface area contributed by atoms with Crippen LogP contribution in [0.15, 0.2) is 18.3 Å². The first-order chi connectivity index (χ1) is 9.83. The molecule has 1 amide bonds. The smallest absolute Gasteiger partial charge is 0.294 e. The molecule has 21 heavy (non-hydrogen) atoms. The Bertz CT molecular complexity index is 719. The van der Waals surface area contributed by atoms with Gasteiger partial charge in [-0.15, -0.1) is 0 Å². The summed E-state index contributed by atoms with van der Waals surface area (Å²) in [5.74, 6) is -0.221. The molecule has 0 aliphatic rings. The number of pyridine rings is 2. The first-order valence-corrected chi connectivity index (χ1v) is 6.64. The molecule has 0 aromatic carbocycles. The number of ether oxygens (including phenoxy) is 1. The molecule has 0 atom stereocenters. The van der Waals surface area contributed by atoms with Gasteiger partial charge >= 0.3 is 0 Å². The van der Waals surface area contributed by atoms with Crippen molar-refractivity contribution in [3.05, 3.63) is 28.6 Å². The van der Waals surface area contributed by atoms with Gasteiger partial charge in [0.2, 0.25) is 0 Å². The Morgan fingerprint density at radius 1 is 1.38 bits per heavy atom. The summed E-state index contributed by atoms with van der Waals surface area (Å²) >= 11 is 11.8. The van der Waals surface area contributed by atoms with E-state index in [4.69, 9.17) is 27.9 Å². The molecule has 0 saturated carbocycles. The van der Waals surface area contributed by atoms with Crippen molar-refractivity contribution in [2.75, 3.05) is 5.32 Å². The number of nitrogens with zero attached hydrogens (tertiary/aromatic N) is 2. The standard InChI is InChI=1S/C13H11Cl2N3O3/c1-13(2,21-6-19)12(20)18-10-4-7-3-9(14)17-11(15)8(7)5-16-10/h3-6H,1-2H3,(H,16,18,20). The second-order valence-electron chi connectivity index (χ2n) is 4.70. The number of hydrogen-bond donors (Lipinski definition) is 1. The van der Waals surface area contributed by atoms with Gasteiger partial charge in [-0.3, -0.25) is 9.59 Å². The van der Waals surface area contributed by atoms with Crippen molar-refractivity contribution in [3.63, 3.8) is 0 Å². The zero-order chi connectivity index (χ0) is 15.6. The number of hydrogen-bond acceptors (Lipinski definition) is 5. The fourth-order valence-corrected chi connectivity index (χ4v) is 2.08. The van der Waals surface area contributed by atoms with E-state index in [0.29, 0.717) is 10.8 Å². The van der Waals surface area contributed by atoms with Gasteiger partial charge in [-0.05, 0) is 31.4 Å². The first-order valence-electron chi connectivity index (χ1n) is 5.88. The van der Waals surface area contributed by atoms with Crippen molar-refractivity contribution in [2.45, 2.75) is 19.4 Å². The number of carbonyl (C=O) groups is 2. The number of amides is 1. The number of aromatic nitrogens is 2. The highest BCUT2D eigenvalue weighted by Gasteiger charge is 2.29. The summed E-state index contributed by atoms with van der Waals surface area (Å²) in [6, 6.07) is 3.21. The van der Waals surface area contributed by atoms with Gasteiger partial charge in [0.15, 0.2) is 5.60 Å². The second-order valence-corrected chi connectivity index (χ2v) is 5.45. The van der Waals surface area contributed by atoms with Crippen LogP contribution in [0.4, 0.5) is 5.82 Å². The molecule has 0 radical (unpaired) electrons. The van der Waals surface area contributed by atoms with Crippen molar-refractivity contribution in [2.24, 2.45) is 0 Å². The van der Waals surface area contributed by atoms with Crippen LogP contribution in [0.5, 0.6) is 0 Å². The summed E-state index contributed by atoms with van der Waals surface area (Å²) in [7, 11) is 0. The maximum Gasteiger partial charge on any atom is 0.294 e. The highest BCUT2D eigenvalue weighted by molar-refractivity contribution is 6.36. The number of nitrogens with one attached hydrogen (secondary N) is 1. The summed E-state index contributed by atoms with van der Waals surface area (Å²) in [4.78, 5) is 30.3. The third-order valence-corrected chi connectivity index (χ3v) is 3.25. The molecule has 2 aromatic rings. The molecular formula is C13H11Cl2N3O3. The molecule has 1 N–H and O–H groups in total. The zero-order valence-corrected chi connectivity index (χ0v) is 12.7. The van der Waals surface area contributed by atoms with E-state index in [1.54, 1.807) is 12.1 Å². The van der Waals surface area contributed by atoms with Gasteiger partial charge in [0.05, 0.1) is 0 Å². The fraction of sp³-hybridized carbons (Fsp3) is 0.231. The third-order valence-electron chi connectivity index (χ3n) is 2.77. The van der Waals surface area contributed by atoms with Gasteiger partial charge in [0, 0.05) is 11.6 Å². The van der Waals surface area contributed by atoms with Crippen LogP contribution in [0.3, 0.4) is 0 Å². The van der Waals surface area contributed by atoms with Crippen LogP contribution in [-0.2, 0) is 14.3 Å². The van der Waals surface area contributed by atoms with Gasteiger partial charge in [-0.2, -0.15) is 0 Å². The normalized spacial score (nSPS) is 11.2. The van der Waals surface area contributed by atoms with Crippen LogP contribution in [0, 0.1) is 0 Å². The topological polar surface area (TPSA) is 81.2 Å². The lowest BCUT2D eigenvalue weighted by molar-refractivity contribution is -0.151. The van der Waals surface area contributed by atoms with E-state index in [-0.39, 0.29) is 22.6 Å². The maximum atomic E-state index is 12.0. The average Bonchev–Trinajstić information content (AvgIpc) is 2.37. The van der Waals surface area contributed by atoms with Crippen molar-refractivity contribution < 1.29 is 14.3 Å². The summed E-state index contributed by atoms with van der Waals surface area (Å²) in [5.41, 5.74) is -1.30. The van der Waals surface area contributed by atoms with Crippen molar-refractivity contribution in [1.82, 2.24) is 9.97 Å². The van der Waals surface area contributed by atoms with Crippen molar-refractivity contribution >= 4 is 52.2 Å². The average molecular weight is 328 g/mol. The van der Waals surface area contributed by atoms with Crippen LogP contribution in [0.25, 0.3) is 10.8 Å². The van der Waals surface area contributed by atoms with Gasteiger partial charge in [-0.1, -0.05) is 23.2 Å². The zero-order valence-electron chi connectivity index (χ0n) is 11.2. The minimum Gasteiger partial charge on any atom is -0.452 e. The quantitative estimate of drug-likeness (QED) is 0.689. The Kier molecular flexibility index (Phi) is 4.29. The molecule has 0 spiro atoms.